The molecule has 3 rings (SSSR count). The highest BCUT2D eigenvalue weighted by molar-refractivity contribution is 7.92. The minimum absolute atomic E-state index is 0.304. The molecule has 1 heterocycles. The number of methoxy groups -OCH3 is 1. The van der Waals surface area contributed by atoms with Crippen molar-refractivity contribution in [3.63, 3.8) is 0 Å². The van der Waals surface area contributed by atoms with Crippen LogP contribution in [-0.4, -0.2) is 46.9 Å². The van der Waals surface area contributed by atoms with Crippen LogP contribution in [0.15, 0.2) is 42.5 Å². The number of hydrogen-bond donors (Lipinski definition) is 1. The number of hydrogen-bond acceptors (Lipinski definition) is 6. The topological polar surface area (TPSA) is 94.2 Å². The van der Waals surface area contributed by atoms with Crippen molar-refractivity contribution in [2.45, 2.75) is 32.4 Å². The van der Waals surface area contributed by atoms with Gasteiger partial charge in [-0.15, -0.1) is 0 Å². The van der Waals surface area contributed by atoms with E-state index in [0.29, 0.717) is 42.6 Å². The highest BCUT2D eigenvalue weighted by Crippen LogP contribution is 2.33. The second-order valence-electron chi connectivity index (χ2n) is 7.31. The van der Waals surface area contributed by atoms with Gasteiger partial charge in [0.05, 0.1) is 25.1 Å². The third-order valence-electron chi connectivity index (χ3n) is 5.08. The number of carbonyl (C=O) groups excluding carboxylic acids is 1. The van der Waals surface area contributed by atoms with Crippen molar-refractivity contribution in [3.05, 3.63) is 48.0 Å². The molecule has 1 N–H and O–H groups in total. The number of fused-ring (bicyclic) bond motifs is 1. The number of sulfonamides is 1. The first-order valence-corrected chi connectivity index (χ1v) is 11.9. The molecule has 0 aromatic heterocycles. The minimum Gasteiger partial charge on any atom is -0.497 e. The van der Waals surface area contributed by atoms with E-state index in [0.717, 1.165) is 16.1 Å². The lowest BCUT2D eigenvalue weighted by Gasteiger charge is -2.31. The highest BCUT2D eigenvalue weighted by atomic mass is 32.2. The molecule has 0 saturated heterocycles. The molecule has 0 radical (unpaired) electrons. The van der Waals surface area contributed by atoms with Crippen LogP contribution in [0.4, 0.5) is 5.69 Å². The molecule has 2 aromatic rings. The molecule has 1 aliphatic rings. The van der Waals surface area contributed by atoms with Crippen molar-refractivity contribution in [1.29, 1.82) is 0 Å². The Kier molecular flexibility index (Phi) is 6.94. The molecule has 1 amide bonds. The number of nitrogens with zero attached hydrogens (tertiary/aromatic N) is 1. The van der Waals surface area contributed by atoms with Crippen LogP contribution in [0.1, 0.15) is 31.9 Å². The number of benzene rings is 2. The van der Waals surface area contributed by atoms with Gasteiger partial charge < -0.3 is 19.5 Å². The summed E-state index contributed by atoms with van der Waals surface area (Å²) in [7, 11) is -2.18. The van der Waals surface area contributed by atoms with Gasteiger partial charge in [-0.2, -0.15) is 0 Å². The van der Waals surface area contributed by atoms with E-state index in [1.807, 2.05) is 25.1 Å². The lowest BCUT2D eigenvalue weighted by molar-refractivity contribution is -0.122. The number of ether oxygens (including phenoxy) is 3. The molecule has 0 saturated carbocycles. The van der Waals surface area contributed by atoms with E-state index in [1.165, 1.54) is 7.11 Å². The van der Waals surface area contributed by atoms with Crippen LogP contribution in [0.5, 0.6) is 17.2 Å². The van der Waals surface area contributed by atoms with E-state index < -0.39 is 16.1 Å². The molecular formula is C22H28N2O6S. The molecular weight excluding hydrogens is 420 g/mol. The second kappa shape index (κ2) is 9.47. The molecule has 0 spiro atoms. The summed E-state index contributed by atoms with van der Waals surface area (Å²) in [4.78, 5) is 13.1. The molecule has 168 valence electrons. The van der Waals surface area contributed by atoms with Crippen LogP contribution < -0.4 is 23.8 Å². The highest BCUT2D eigenvalue weighted by Gasteiger charge is 2.32. The SMILES string of the molecule is CC[C@H](C(=O)N[C@@H](C)c1ccc2c(c1)OCCO2)N(c1ccc(OC)cc1)S(C)(=O)=O. The quantitative estimate of drug-likeness (QED) is 0.667. The van der Waals surface area contributed by atoms with Crippen molar-refractivity contribution < 1.29 is 27.4 Å². The Bertz CT molecular complexity index is 1020. The average molecular weight is 449 g/mol. The zero-order valence-electron chi connectivity index (χ0n) is 18.1. The third-order valence-corrected chi connectivity index (χ3v) is 6.26. The van der Waals surface area contributed by atoms with Gasteiger partial charge in [0.15, 0.2) is 11.5 Å². The number of anilines is 1. The predicted octanol–water partition coefficient (Wildman–Crippen LogP) is 2.89. The Morgan fingerprint density at radius 3 is 2.35 bits per heavy atom. The van der Waals surface area contributed by atoms with Gasteiger partial charge in [0.1, 0.15) is 25.0 Å². The van der Waals surface area contributed by atoms with Crippen LogP contribution in [0.2, 0.25) is 0 Å². The van der Waals surface area contributed by atoms with Crippen LogP contribution in [0.3, 0.4) is 0 Å². The number of carbonyl (C=O) groups is 1. The smallest absolute Gasteiger partial charge is 0.244 e. The summed E-state index contributed by atoms with van der Waals surface area (Å²) in [6.07, 6.45) is 1.40. The summed E-state index contributed by atoms with van der Waals surface area (Å²) in [5, 5.41) is 2.93. The van der Waals surface area contributed by atoms with Gasteiger partial charge in [0.2, 0.25) is 15.9 Å². The molecule has 0 bridgehead atoms. The van der Waals surface area contributed by atoms with Crippen molar-refractivity contribution in [1.82, 2.24) is 5.32 Å². The van der Waals surface area contributed by atoms with Gasteiger partial charge in [-0.05, 0) is 55.3 Å². The fourth-order valence-corrected chi connectivity index (χ4v) is 4.72. The van der Waals surface area contributed by atoms with Gasteiger partial charge in [0, 0.05) is 0 Å². The summed E-state index contributed by atoms with van der Waals surface area (Å²) in [5.74, 6) is 1.52. The number of nitrogens with one attached hydrogen (secondary N) is 1. The summed E-state index contributed by atoms with van der Waals surface area (Å²) < 4.78 is 42.6. The maximum atomic E-state index is 13.1. The maximum absolute atomic E-state index is 13.1. The largest absolute Gasteiger partial charge is 0.497 e. The van der Waals surface area contributed by atoms with E-state index in [-0.39, 0.29) is 11.9 Å². The number of amides is 1. The Labute approximate surface area is 183 Å². The lowest BCUT2D eigenvalue weighted by Crippen LogP contribution is -2.49. The van der Waals surface area contributed by atoms with Crippen LogP contribution >= 0.6 is 0 Å². The van der Waals surface area contributed by atoms with Gasteiger partial charge in [-0.1, -0.05) is 13.0 Å². The van der Waals surface area contributed by atoms with Gasteiger partial charge in [0.25, 0.3) is 0 Å². The molecule has 0 fully saturated rings. The van der Waals surface area contributed by atoms with Crippen molar-refractivity contribution in [2.75, 3.05) is 30.9 Å². The van der Waals surface area contributed by atoms with Crippen LogP contribution in [-0.2, 0) is 14.8 Å². The number of rotatable bonds is 8. The fraction of sp³-hybridized carbons (Fsp3) is 0.409. The third kappa shape index (κ3) is 5.22. The molecule has 0 aliphatic carbocycles. The van der Waals surface area contributed by atoms with E-state index >= 15 is 0 Å². The molecule has 2 atom stereocenters. The van der Waals surface area contributed by atoms with Crippen molar-refractivity contribution >= 4 is 21.6 Å². The molecule has 9 heteroatoms. The summed E-state index contributed by atoms with van der Waals surface area (Å²) in [5.41, 5.74) is 1.24. The van der Waals surface area contributed by atoms with Crippen LogP contribution in [0, 0.1) is 0 Å². The molecule has 31 heavy (non-hydrogen) atoms. The van der Waals surface area contributed by atoms with Gasteiger partial charge in [-0.25, -0.2) is 8.42 Å². The molecule has 0 unspecified atom stereocenters. The molecule has 1 aliphatic heterocycles. The fourth-order valence-electron chi connectivity index (χ4n) is 3.51. The van der Waals surface area contributed by atoms with E-state index in [4.69, 9.17) is 14.2 Å². The summed E-state index contributed by atoms with van der Waals surface area (Å²) >= 11 is 0. The van der Waals surface area contributed by atoms with Crippen molar-refractivity contribution in [3.8, 4) is 17.2 Å². The first-order chi connectivity index (χ1) is 14.7. The average Bonchev–Trinajstić information content (AvgIpc) is 2.76. The summed E-state index contributed by atoms with van der Waals surface area (Å²) in [6, 6.07) is 10.8. The Hall–Kier alpha value is -2.94. The normalized spacial score (nSPS) is 15.0. The molecule has 2 aromatic carbocycles. The van der Waals surface area contributed by atoms with Gasteiger partial charge in [-0.3, -0.25) is 9.10 Å². The lowest BCUT2D eigenvalue weighted by atomic mass is 10.1. The van der Waals surface area contributed by atoms with Crippen molar-refractivity contribution in [2.24, 2.45) is 0 Å². The van der Waals surface area contributed by atoms with E-state index in [1.54, 1.807) is 31.2 Å². The Morgan fingerprint density at radius 2 is 1.77 bits per heavy atom. The van der Waals surface area contributed by atoms with Crippen LogP contribution in [0.25, 0.3) is 0 Å². The maximum Gasteiger partial charge on any atom is 0.244 e. The first kappa shape index (κ1) is 22.7. The standard InChI is InChI=1S/C22H28N2O6S/c1-5-19(24(31(4,26)27)17-7-9-18(28-3)10-8-17)22(25)23-15(2)16-6-11-20-21(14-16)30-13-12-29-20/h6-11,14-15,19H,5,12-13H2,1-4H3,(H,23,25)/t15-,19+/m0/s1. The predicted molar refractivity (Wildman–Crippen MR) is 118 cm³/mol. The molecule has 8 nitrogen and oxygen atoms in total. The Balaban J connectivity index is 1.82. The first-order valence-electron chi connectivity index (χ1n) is 10.1. The van der Waals surface area contributed by atoms with E-state index in [9.17, 15) is 13.2 Å². The summed E-state index contributed by atoms with van der Waals surface area (Å²) in [6.45, 7) is 4.60. The monoisotopic (exact) mass is 448 g/mol. The minimum atomic E-state index is -3.71. The zero-order chi connectivity index (χ0) is 22.6. The van der Waals surface area contributed by atoms with Gasteiger partial charge >= 0.3 is 0 Å². The van der Waals surface area contributed by atoms with E-state index in [2.05, 4.69) is 5.32 Å². The Morgan fingerprint density at radius 1 is 1.13 bits per heavy atom. The zero-order valence-corrected chi connectivity index (χ0v) is 18.9. The second-order valence-corrected chi connectivity index (χ2v) is 9.17.